The highest BCUT2D eigenvalue weighted by Gasteiger charge is 2.29. The fourth-order valence-corrected chi connectivity index (χ4v) is 3.33. The van der Waals surface area contributed by atoms with E-state index in [0.29, 0.717) is 11.6 Å². The van der Waals surface area contributed by atoms with Crippen molar-refractivity contribution in [1.29, 1.82) is 0 Å². The lowest BCUT2D eigenvalue weighted by atomic mass is 10.1. The van der Waals surface area contributed by atoms with Crippen LogP contribution >= 0.6 is 0 Å². The van der Waals surface area contributed by atoms with Gasteiger partial charge in [0.1, 0.15) is 0 Å². The Hall–Kier alpha value is -2.63. The molecule has 0 spiro atoms. The number of amides is 1. The maximum Gasteiger partial charge on any atom is 0.357 e. The van der Waals surface area contributed by atoms with Gasteiger partial charge in [-0.2, -0.15) is 5.10 Å². The standard InChI is InChI=1S/C20H23N3O3/c24-19(22-11-5-2-6-12-22)14-26-20(25)18-13-17(15-9-10-15)21-23(18)16-7-3-1-4-8-16/h1,3-4,7-8,13,15H,2,5-6,9-12,14H2. The molecule has 1 aliphatic carbocycles. The van der Waals surface area contributed by atoms with Crippen molar-refractivity contribution in [3.05, 3.63) is 47.8 Å². The van der Waals surface area contributed by atoms with Crippen molar-refractivity contribution >= 4 is 11.9 Å². The monoisotopic (exact) mass is 353 g/mol. The molecule has 1 saturated carbocycles. The Morgan fingerprint density at radius 3 is 2.50 bits per heavy atom. The third kappa shape index (κ3) is 3.64. The van der Waals surface area contributed by atoms with Crippen LogP contribution in [0.15, 0.2) is 36.4 Å². The van der Waals surface area contributed by atoms with Crippen LogP contribution in [0.25, 0.3) is 5.69 Å². The molecule has 0 atom stereocenters. The highest BCUT2D eigenvalue weighted by Crippen LogP contribution is 2.39. The van der Waals surface area contributed by atoms with Gasteiger partial charge < -0.3 is 9.64 Å². The van der Waals surface area contributed by atoms with Gasteiger partial charge in [0.15, 0.2) is 12.3 Å². The van der Waals surface area contributed by atoms with Crippen LogP contribution in [0.1, 0.15) is 54.2 Å². The quantitative estimate of drug-likeness (QED) is 0.775. The minimum absolute atomic E-state index is 0.119. The number of rotatable bonds is 5. The molecule has 0 radical (unpaired) electrons. The molecule has 2 aromatic rings. The zero-order valence-electron chi connectivity index (χ0n) is 14.8. The van der Waals surface area contributed by atoms with Crippen molar-refractivity contribution < 1.29 is 14.3 Å². The summed E-state index contributed by atoms with van der Waals surface area (Å²) in [5, 5.41) is 4.60. The van der Waals surface area contributed by atoms with Crippen molar-refractivity contribution in [3.63, 3.8) is 0 Å². The van der Waals surface area contributed by atoms with Gasteiger partial charge in [0.05, 0.1) is 11.4 Å². The summed E-state index contributed by atoms with van der Waals surface area (Å²) in [4.78, 5) is 26.6. The molecule has 1 aromatic heterocycles. The molecule has 6 nitrogen and oxygen atoms in total. The topological polar surface area (TPSA) is 64.4 Å². The van der Waals surface area contributed by atoms with Crippen molar-refractivity contribution in [2.24, 2.45) is 0 Å². The summed E-state index contributed by atoms with van der Waals surface area (Å²) in [7, 11) is 0. The Bertz CT molecular complexity index is 790. The Labute approximate surface area is 152 Å². The van der Waals surface area contributed by atoms with Gasteiger partial charge in [-0.1, -0.05) is 18.2 Å². The van der Waals surface area contributed by atoms with E-state index in [1.165, 1.54) is 0 Å². The van der Waals surface area contributed by atoms with E-state index >= 15 is 0 Å². The Balaban J connectivity index is 1.49. The van der Waals surface area contributed by atoms with Crippen molar-refractivity contribution in [2.45, 2.75) is 38.0 Å². The first kappa shape index (κ1) is 16.8. The summed E-state index contributed by atoms with van der Waals surface area (Å²) in [6.45, 7) is 1.30. The number of nitrogens with zero attached hydrogens (tertiary/aromatic N) is 3. The van der Waals surface area contributed by atoms with Crippen molar-refractivity contribution in [1.82, 2.24) is 14.7 Å². The number of carbonyl (C=O) groups excluding carboxylic acids is 2. The smallest absolute Gasteiger partial charge is 0.357 e. The maximum atomic E-state index is 12.6. The largest absolute Gasteiger partial charge is 0.451 e. The third-order valence-corrected chi connectivity index (χ3v) is 4.97. The molecular formula is C20H23N3O3. The second-order valence-electron chi connectivity index (χ2n) is 6.99. The summed E-state index contributed by atoms with van der Waals surface area (Å²) in [6, 6.07) is 11.3. The maximum absolute atomic E-state index is 12.6. The number of para-hydroxylation sites is 1. The molecule has 26 heavy (non-hydrogen) atoms. The molecule has 0 unspecified atom stereocenters. The molecule has 1 aliphatic heterocycles. The van der Waals surface area contributed by atoms with E-state index in [2.05, 4.69) is 5.10 Å². The van der Waals surface area contributed by atoms with E-state index < -0.39 is 5.97 Å². The second kappa shape index (κ2) is 7.32. The Morgan fingerprint density at radius 1 is 1.08 bits per heavy atom. The zero-order chi connectivity index (χ0) is 17.9. The average Bonchev–Trinajstić information content (AvgIpc) is 3.45. The Kier molecular flexibility index (Phi) is 4.73. The highest BCUT2D eigenvalue weighted by atomic mass is 16.5. The van der Waals surface area contributed by atoms with Crippen LogP contribution in [0.3, 0.4) is 0 Å². The van der Waals surface area contributed by atoms with Crippen LogP contribution in [-0.2, 0) is 9.53 Å². The number of ether oxygens (including phenoxy) is 1. The van der Waals surface area contributed by atoms with Crippen LogP contribution in [-0.4, -0.2) is 46.3 Å². The second-order valence-corrected chi connectivity index (χ2v) is 6.99. The number of carbonyl (C=O) groups is 2. The van der Waals surface area contributed by atoms with E-state index in [1.807, 2.05) is 30.3 Å². The molecule has 1 amide bonds. The van der Waals surface area contributed by atoms with Crippen molar-refractivity contribution in [3.8, 4) is 5.69 Å². The fourth-order valence-electron chi connectivity index (χ4n) is 3.33. The van der Waals surface area contributed by atoms with Gasteiger partial charge in [-0.25, -0.2) is 9.48 Å². The fraction of sp³-hybridized carbons (Fsp3) is 0.450. The summed E-state index contributed by atoms with van der Waals surface area (Å²) < 4.78 is 6.95. The molecule has 2 aliphatic rings. The number of hydrogen-bond acceptors (Lipinski definition) is 4. The van der Waals surface area contributed by atoms with E-state index in [1.54, 1.807) is 15.6 Å². The zero-order valence-corrected chi connectivity index (χ0v) is 14.8. The third-order valence-electron chi connectivity index (χ3n) is 4.97. The van der Waals surface area contributed by atoms with E-state index in [4.69, 9.17) is 4.74 Å². The molecule has 1 aromatic carbocycles. The van der Waals surface area contributed by atoms with Crippen LogP contribution < -0.4 is 0 Å². The summed E-state index contributed by atoms with van der Waals surface area (Å²) in [5.41, 5.74) is 2.11. The highest BCUT2D eigenvalue weighted by molar-refractivity contribution is 5.90. The molecule has 2 fully saturated rings. The molecule has 4 rings (SSSR count). The number of esters is 1. The van der Waals surface area contributed by atoms with Gasteiger partial charge in [0, 0.05) is 19.0 Å². The van der Waals surface area contributed by atoms with Crippen LogP contribution in [0.5, 0.6) is 0 Å². The number of aromatic nitrogens is 2. The van der Waals surface area contributed by atoms with Crippen LogP contribution in [0.2, 0.25) is 0 Å². The first-order valence-corrected chi connectivity index (χ1v) is 9.32. The Morgan fingerprint density at radius 2 is 1.81 bits per heavy atom. The van der Waals surface area contributed by atoms with Gasteiger partial charge in [-0.3, -0.25) is 4.79 Å². The molecule has 1 saturated heterocycles. The SMILES string of the molecule is O=C(OCC(=O)N1CCCCC1)c1cc(C2CC2)nn1-c1ccccc1. The van der Waals surface area contributed by atoms with E-state index in [-0.39, 0.29) is 12.5 Å². The first-order chi connectivity index (χ1) is 12.7. The number of piperidine rings is 1. The number of benzene rings is 1. The first-order valence-electron chi connectivity index (χ1n) is 9.32. The molecule has 2 heterocycles. The summed E-state index contributed by atoms with van der Waals surface area (Å²) in [6.07, 6.45) is 5.40. The predicted octanol–water partition coefficient (Wildman–Crippen LogP) is 2.92. The van der Waals surface area contributed by atoms with Crippen LogP contribution in [0.4, 0.5) is 0 Å². The predicted molar refractivity (Wildman–Crippen MR) is 96.3 cm³/mol. The lowest BCUT2D eigenvalue weighted by molar-refractivity contribution is -0.135. The number of likely N-dealkylation sites (tertiary alicyclic amines) is 1. The average molecular weight is 353 g/mol. The van der Waals surface area contributed by atoms with Gasteiger partial charge in [0.25, 0.3) is 5.91 Å². The lowest BCUT2D eigenvalue weighted by Gasteiger charge is -2.26. The molecule has 136 valence electrons. The van der Waals surface area contributed by atoms with E-state index in [9.17, 15) is 9.59 Å². The number of hydrogen-bond donors (Lipinski definition) is 0. The van der Waals surface area contributed by atoms with Crippen molar-refractivity contribution in [2.75, 3.05) is 19.7 Å². The van der Waals surface area contributed by atoms with E-state index in [0.717, 1.165) is 56.6 Å². The van der Waals surface area contributed by atoms with Crippen LogP contribution in [0, 0.1) is 0 Å². The molecule has 0 bridgehead atoms. The normalized spacial score (nSPS) is 17.2. The van der Waals surface area contributed by atoms with Gasteiger partial charge >= 0.3 is 5.97 Å². The minimum atomic E-state index is -0.501. The van der Waals surface area contributed by atoms with Gasteiger partial charge in [-0.15, -0.1) is 0 Å². The summed E-state index contributed by atoms with van der Waals surface area (Å²) >= 11 is 0. The molecular weight excluding hydrogens is 330 g/mol. The van der Waals surface area contributed by atoms with Gasteiger partial charge in [-0.05, 0) is 50.3 Å². The van der Waals surface area contributed by atoms with Gasteiger partial charge in [0.2, 0.25) is 0 Å². The lowest BCUT2D eigenvalue weighted by Crippen LogP contribution is -2.38. The summed E-state index contributed by atoms with van der Waals surface area (Å²) in [5.74, 6) is -0.189. The minimum Gasteiger partial charge on any atom is -0.451 e. The molecule has 6 heteroatoms. The molecule has 0 N–H and O–H groups in total.